The molecule has 2 aromatic carbocycles. The van der Waals surface area contributed by atoms with Gasteiger partial charge in [0.2, 0.25) is 0 Å². The lowest BCUT2D eigenvalue weighted by Crippen LogP contribution is -1.91. The van der Waals surface area contributed by atoms with Gasteiger partial charge in [-0.05, 0) is 6.42 Å². The van der Waals surface area contributed by atoms with Gasteiger partial charge in [0.1, 0.15) is 0 Å². The zero-order chi connectivity index (χ0) is 32.3. The lowest BCUT2D eigenvalue weighted by Gasteiger charge is -2.02. The predicted octanol–water partition coefficient (Wildman–Crippen LogP) is 5.18. The zero-order valence-corrected chi connectivity index (χ0v) is 25.1. The highest BCUT2D eigenvalue weighted by atomic mass is 32.2. The second kappa shape index (κ2) is 19.2. The SMILES string of the molecule is Cn1ccnc1SCCCSc1nc(-c2ccccc2)c(-c2ccccc2)[nH]1.O=C(O)/C=C\C(=O)O.O=C(O)/C=C\C(=O)O. The molecule has 0 aliphatic heterocycles. The summed E-state index contributed by atoms with van der Waals surface area (Å²) in [5, 5.41) is 33.3. The number of rotatable bonds is 12. The van der Waals surface area contributed by atoms with Crippen molar-refractivity contribution in [2.24, 2.45) is 7.05 Å². The molecule has 5 N–H and O–H groups in total. The molecule has 0 atom stereocenters. The number of carbonyl (C=O) groups is 4. The Morgan fingerprint density at radius 1 is 0.750 bits per heavy atom. The predicted molar refractivity (Wildman–Crippen MR) is 168 cm³/mol. The topological polar surface area (TPSA) is 196 Å². The number of aliphatic carboxylic acids is 4. The highest BCUT2D eigenvalue weighted by Crippen LogP contribution is 2.32. The summed E-state index contributed by atoms with van der Waals surface area (Å²) >= 11 is 3.58. The minimum absolute atomic E-state index is 0.558. The molecule has 14 heteroatoms. The van der Waals surface area contributed by atoms with Gasteiger partial charge in [-0.1, -0.05) is 84.2 Å². The van der Waals surface area contributed by atoms with Gasteiger partial charge in [-0.2, -0.15) is 0 Å². The Bertz CT molecular complexity index is 1450. The van der Waals surface area contributed by atoms with E-state index in [1.54, 1.807) is 23.5 Å². The lowest BCUT2D eigenvalue weighted by molar-refractivity contribution is -0.134. The minimum Gasteiger partial charge on any atom is -0.478 e. The monoisotopic (exact) mass is 638 g/mol. The van der Waals surface area contributed by atoms with Crippen molar-refractivity contribution in [2.75, 3.05) is 11.5 Å². The number of aryl methyl sites for hydroxylation is 1. The van der Waals surface area contributed by atoms with E-state index >= 15 is 0 Å². The van der Waals surface area contributed by atoms with Crippen LogP contribution < -0.4 is 0 Å². The van der Waals surface area contributed by atoms with Crippen molar-refractivity contribution in [2.45, 2.75) is 16.7 Å². The molecule has 0 amide bonds. The number of nitrogens with zero attached hydrogens (tertiary/aromatic N) is 3. The van der Waals surface area contributed by atoms with Crippen molar-refractivity contribution in [1.82, 2.24) is 19.5 Å². The molecule has 0 saturated heterocycles. The summed E-state index contributed by atoms with van der Waals surface area (Å²) < 4.78 is 2.06. The van der Waals surface area contributed by atoms with Crippen molar-refractivity contribution in [3.63, 3.8) is 0 Å². The Labute approximate surface area is 261 Å². The fraction of sp³-hybridized carbons (Fsp3) is 0.133. The van der Waals surface area contributed by atoms with E-state index < -0.39 is 23.9 Å². The molecule has 0 fully saturated rings. The van der Waals surface area contributed by atoms with Gasteiger partial charge in [-0.15, -0.1) is 0 Å². The van der Waals surface area contributed by atoms with Crippen molar-refractivity contribution < 1.29 is 39.6 Å². The van der Waals surface area contributed by atoms with Crippen molar-refractivity contribution in [1.29, 1.82) is 0 Å². The molecule has 0 aliphatic rings. The van der Waals surface area contributed by atoms with Crippen LogP contribution in [0.1, 0.15) is 6.42 Å². The van der Waals surface area contributed by atoms with Crippen LogP contribution >= 0.6 is 23.5 Å². The van der Waals surface area contributed by atoms with Crippen molar-refractivity contribution in [3.8, 4) is 22.5 Å². The first-order valence-electron chi connectivity index (χ1n) is 12.8. The van der Waals surface area contributed by atoms with Gasteiger partial charge in [0.05, 0.1) is 11.4 Å². The van der Waals surface area contributed by atoms with Crippen LogP contribution in [0, 0.1) is 0 Å². The Hall–Kier alpha value is -5.08. The number of thioether (sulfide) groups is 2. The molecule has 44 heavy (non-hydrogen) atoms. The molecule has 2 heterocycles. The molecule has 0 unspecified atom stereocenters. The molecule has 2 aromatic heterocycles. The average molecular weight is 639 g/mol. The van der Waals surface area contributed by atoms with Crippen LogP contribution in [0.15, 0.2) is 108 Å². The summed E-state index contributed by atoms with van der Waals surface area (Å²) in [6, 6.07) is 20.8. The van der Waals surface area contributed by atoms with E-state index in [1.165, 1.54) is 0 Å². The van der Waals surface area contributed by atoms with Gasteiger partial charge in [0, 0.05) is 66.4 Å². The minimum atomic E-state index is -1.26. The Morgan fingerprint density at radius 3 is 1.68 bits per heavy atom. The van der Waals surface area contributed by atoms with E-state index in [9.17, 15) is 19.2 Å². The highest BCUT2D eigenvalue weighted by Gasteiger charge is 2.14. The number of nitrogens with one attached hydrogen (secondary N) is 1. The van der Waals surface area contributed by atoms with Crippen LogP contribution in [0.2, 0.25) is 0 Å². The Kier molecular flexibility index (Phi) is 15.3. The maximum absolute atomic E-state index is 9.55. The molecule has 4 aromatic rings. The Morgan fingerprint density at radius 2 is 1.23 bits per heavy atom. The first-order valence-corrected chi connectivity index (χ1v) is 14.8. The number of aromatic nitrogens is 4. The molecular formula is C30H30N4O8S2. The second-order valence-corrected chi connectivity index (χ2v) is 10.5. The number of hydrogen-bond acceptors (Lipinski definition) is 8. The van der Waals surface area contributed by atoms with Gasteiger partial charge in [-0.3, -0.25) is 0 Å². The third kappa shape index (κ3) is 13.7. The summed E-state index contributed by atoms with van der Waals surface area (Å²) in [4.78, 5) is 51.0. The van der Waals surface area contributed by atoms with Crippen LogP contribution in [0.4, 0.5) is 0 Å². The highest BCUT2D eigenvalue weighted by molar-refractivity contribution is 8.00. The number of benzene rings is 2. The molecular weight excluding hydrogens is 608 g/mol. The Balaban J connectivity index is 0.000000349. The average Bonchev–Trinajstić information content (AvgIpc) is 3.62. The van der Waals surface area contributed by atoms with Crippen molar-refractivity contribution >= 4 is 47.4 Å². The molecule has 230 valence electrons. The van der Waals surface area contributed by atoms with E-state index in [4.69, 9.17) is 25.4 Å². The number of aromatic amines is 1. The third-order valence-electron chi connectivity index (χ3n) is 5.06. The van der Waals surface area contributed by atoms with E-state index in [1.807, 2.05) is 31.6 Å². The normalized spacial score (nSPS) is 10.5. The van der Waals surface area contributed by atoms with Gasteiger partial charge in [0.25, 0.3) is 0 Å². The molecule has 0 spiro atoms. The summed E-state index contributed by atoms with van der Waals surface area (Å²) in [5.41, 5.74) is 4.38. The van der Waals surface area contributed by atoms with Crippen LogP contribution in [0.5, 0.6) is 0 Å². The summed E-state index contributed by atoms with van der Waals surface area (Å²) in [6.07, 6.45) is 7.16. The van der Waals surface area contributed by atoms with Crippen LogP contribution in [0.25, 0.3) is 22.5 Å². The third-order valence-corrected chi connectivity index (χ3v) is 7.17. The summed E-state index contributed by atoms with van der Waals surface area (Å²) in [7, 11) is 2.03. The van der Waals surface area contributed by atoms with E-state index in [-0.39, 0.29) is 0 Å². The van der Waals surface area contributed by atoms with E-state index in [2.05, 4.69) is 63.1 Å². The number of carboxylic acids is 4. The lowest BCUT2D eigenvalue weighted by atomic mass is 10.1. The largest absolute Gasteiger partial charge is 0.478 e. The first-order chi connectivity index (χ1) is 21.1. The molecule has 0 saturated carbocycles. The molecule has 4 rings (SSSR count). The quantitative estimate of drug-likeness (QED) is 0.0776. The standard InChI is InChI=1S/C22H22N4S2.2C4H4O4/c1-26-14-13-23-22(26)28-16-8-15-27-21-24-19(17-9-4-2-5-10-17)20(25-21)18-11-6-3-7-12-18;2*5-3(6)1-2-4(7)8/h2-7,9-14H,8,15-16H2,1H3,(H,24,25);2*1-2H,(H,5,6)(H,7,8)/b;2*2-1-. The van der Waals surface area contributed by atoms with E-state index in [0.717, 1.165) is 50.8 Å². The van der Waals surface area contributed by atoms with Gasteiger partial charge < -0.3 is 30.0 Å². The van der Waals surface area contributed by atoms with Gasteiger partial charge in [-0.25, -0.2) is 29.1 Å². The van der Waals surface area contributed by atoms with Crippen LogP contribution in [0.3, 0.4) is 0 Å². The number of hydrogen-bond donors (Lipinski definition) is 5. The van der Waals surface area contributed by atoms with E-state index in [0.29, 0.717) is 24.3 Å². The number of carboxylic acid groups (broad SMARTS) is 4. The van der Waals surface area contributed by atoms with Gasteiger partial charge in [0.15, 0.2) is 10.3 Å². The van der Waals surface area contributed by atoms with Gasteiger partial charge >= 0.3 is 23.9 Å². The summed E-state index contributed by atoms with van der Waals surface area (Å²) in [6.45, 7) is 0. The van der Waals surface area contributed by atoms with Crippen LogP contribution in [-0.4, -0.2) is 75.3 Å². The zero-order valence-electron chi connectivity index (χ0n) is 23.4. The number of imidazole rings is 2. The second-order valence-electron chi connectivity index (χ2n) is 8.39. The molecule has 0 aliphatic carbocycles. The maximum Gasteiger partial charge on any atom is 0.328 e. The molecule has 0 bridgehead atoms. The van der Waals surface area contributed by atoms with Crippen molar-refractivity contribution in [3.05, 3.63) is 97.4 Å². The number of H-pyrrole nitrogens is 1. The fourth-order valence-electron chi connectivity index (χ4n) is 3.21. The molecule has 0 radical (unpaired) electrons. The first kappa shape index (κ1) is 35.1. The maximum atomic E-state index is 9.55. The smallest absolute Gasteiger partial charge is 0.328 e. The summed E-state index contributed by atoms with van der Waals surface area (Å²) in [5.74, 6) is -2.96. The molecule has 12 nitrogen and oxygen atoms in total. The fourth-order valence-corrected chi connectivity index (χ4v) is 5.07. The van der Waals surface area contributed by atoms with Crippen LogP contribution in [-0.2, 0) is 26.2 Å².